The first-order valence-corrected chi connectivity index (χ1v) is 7.58. The van der Waals surface area contributed by atoms with Crippen LogP contribution in [-0.2, 0) is 0 Å². The zero-order valence-corrected chi connectivity index (χ0v) is 12.4. The molecule has 108 valence electrons. The topological polar surface area (TPSA) is 50.1 Å². The lowest BCUT2D eigenvalue weighted by molar-refractivity contribution is 0.461. The van der Waals surface area contributed by atoms with Gasteiger partial charge >= 0.3 is 0 Å². The zero-order chi connectivity index (χ0) is 13.9. The highest BCUT2D eigenvalue weighted by molar-refractivity contribution is 5.56. The molecule has 0 saturated heterocycles. The zero-order valence-electron chi connectivity index (χ0n) is 12.4. The lowest BCUT2D eigenvalue weighted by Crippen LogP contribution is -2.15. The summed E-state index contributed by atoms with van der Waals surface area (Å²) in [5.41, 5.74) is 7.83. The first-order valence-electron chi connectivity index (χ1n) is 7.58. The minimum atomic E-state index is 0.659. The molecule has 4 N–H and O–H groups in total. The molecule has 0 aliphatic carbocycles. The molecule has 0 bridgehead atoms. The molecule has 0 aromatic heterocycles. The van der Waals surface area contributed by atoms with Gasteiger partial charge in [-0.3, -0.25) is 0 Å². The molecular formula is C16H29N3. The van der Waals surface area contributed by atoms with Crippen LogP contribution in [0.2, 0.25) is 0 Å². The molecule has 3 heteroatoms. The number of nitrogens with one attached hydrogen (secondary N) is 2. The fraction of sp³-hybridized carbons (Fsp3) is 0.625. The van der Waals surface area contributed by atoms with Crippen LogP contribution in [0.25, 0.3) is 0 Å². The number of hydrogen-bond acceptors (Lipinski definition) is 3. The van der Waals surface area contributed by atoms with Crippen LogP contribution in [0.3, 0.4) is 0 Å². The Kier molecular flexibility index (Phi) is 8.07. The average molecular weight is 263 g/mol. The van der Waals surface area contributed by atoms with E-state index in [0.717, 1.165) is 24.7 Å². The van der Waals surface area contributed by atoms with E-state index in [-0.39, 0.29) is 0 Å². The molecule has 0 heterocycles. The van der Waals surface area contributed by atoms with Gasteiger partial charge in [-0.15, -0.1) is 0 Å². The Labute approximate surface area is 118 Å². The predicted molar refractivity (Wildman–Crippen MR) is 85.8 cm³/mol. The van der Waals surface area contributed by atoms with Gasteiger partial charge in [-0.05, 0) is 37.0 Å². The first-order chi connectivity index (χ1) is 9.30. The molecule has 0 unspecified atom stereocenters. The van der Waals surface area contributed by atoms with Crippen molar-refractivity contribution in [3.8, 4) is 0 Å². The van der Waals surface area contributed by atoms with Crippen molar-refractivity contribution in [2.45, 2.75) is 39.5 Å². The summed E-state index contributed by atoms with van der Waals surface area (Å²) in [4.78, 5) is 0. The summed E-state index contributed by atoms with van der Waals surface area (Å²) in [6, 6.07) is 8.44. The molecule has 19 heavy (non-hydrogen) atoms. The van der Waals surface area contributed by atoms with Gasteiger partial charge in [0.1, 0.15) is 0 Å². The Bertz CT molecular complexity index is 333. The molecule has 0 spiro atoms. The maximum Gasteiger partial charge on any atom is 0.0361 e. The van der Waals surface area contributed by atoms with Crippen LogP contribution >= 0.6 is 0 Å². The van der Waals surface area contributed by atoms with E-state index in [1.165, 1.54) is 31.4 Å². The van der Waals surface area contributed by atoms with Crippen molar-refractivity contribution in [2.24, 2.45) is 11.7 Å². The predicted octanol–water partition coefficient (Wildman–Crippen LogP) is 3.69. The minimum absolute atomic E-state index is 0.659. The van der Waals surface area contributed by atoms with Crippen molar-refractivity contribution in [1.29, 1.82) is 0 Å². The van der Waals surface area contributed by atoms with Crippen LogP contribution in [0.15, 0.2) is 24.3 Å². The van der Waals surface area contributed by atoms with Crippen molar-refractivity contribution in [3.63, 3.8) is 0 Å². The summed E-state index contributed by atoms with van der Waals surface area (Å²) in [6.07, 6.45) is 5.16. The number of rotatable bonds is 10. The number of nitrogens with two attached hydrogens (primary N) is 1. The molecule has 0 atom stereocenters. The van der Waals surface area contributed by atoms with Gasteiger partial charge in [0.25, 0.3) is 0 Å². The largest absolute Gasteiger partial charge is 0.385 e. The third kappa shape index (κ3) is 6.48. The highest BCUT2D eigenvalue weighted by atomic mass is 14.9. The van der Waals surface area contributed by atoms with Crippen molar-refractivity contribution in [1.82, 2.24) is 0 Å². The van der Waals surface area contributed by atoms with Gasteiger partial charge < -0.3 is 16.4 Å². The van der Waals surface area contributed by atoms with E-state index >= 15 is 0 Å². The molecule has 0 fully saturated rings. The molecule has 0 saturated carbocycles. The monoisotopic (exact) mass is 263 g/mol. The van der Waals surface area contributed by atoms with Crippen LogP contribution in [0.1, 0.15) is 39.5 Å². The maximum atomic E-state index is 5.50. The summed E-state index contributed by atoms with van der Waals surface area (Å²) in [7, 11) is 0. The molecule has 0 aliphatic heterocycles. The van der Waals surface area contributed by atoms with E-state index in [0.29, 0.717) is 6.54 Å². The van der Waals surface area contributed by atoms with Crippen molar-refractivity contribution in [2.75, 3.05) is 30.3 Å². The van der Waals surface area contributed by atoms with Gasteiger partial charge in [0.2, 0.25) is 0 Å². The summed E-state index contributed by atoms with van der Waals surface area (Å²) in [5.74, 6) is 0.788. The molecular weight excluding hydrogens is 234 g/mol. The van der Waals surface area contributed by atoms with Gasteiger partial charge in [-0.25, -0.2) is 0 Å². The van der Waals surface area contributed by atoms with Crippen LogP contribution in [0.4, 0.5) is 11.4 Å². The smallest absolute Gasteiger partial charge is 0.0361 e. The van der Waals surface area contributed by atoms with Crippen LogP contribution in [0, 0.1) is 5.92 Å². The minimum Gasteiger partial charge on any atom is -0.385 e. The molecule has 1 aromatic carbocycles. The molecule has 3 nitrogen and oxygen atoms in total. The Morgan fingerprint density at radius 2 is 1.68 bits per heavy atom. The fourth-order valence-corrected chi connectivity index (χ4v) is 2.38. The second-order valence-corrected chi connectivity index (χ2v) is 5.12. The highest BCUT2D eigenvalue weighted by Crippen LogP contribution is 2.18. The summed E-state index contributed by atoms with van der Waals surface area (Å²) in [5, 5.41) is 6.87. The van der Waals surface area contributed by atoms with Gasteiger partial charge in [0.05, 0.1) is 0 Å². The molecule has 0 amide bonds. The van der Waals surface area contributed by atoms with Crippen molar-refractivity contribution < 1.29 is 0 Å². The molecule has 0 radical (unpaired) electrons. The molecule has 1 aromatic rings. The normalized spacial score (nSPS) is 10.7. The quantitative estimate of drug-likeness (QED) is 0.603. The van der Waals surface area contributed by atoms with Crippen LogP contribution in [0.5, 0.6) is 0 Å². The van der Waals surface area contributed by atoms with Gasteiger partial charge in [0.15, 0.2) is 0 Å². The Balaban J connectivity index is 2.46. The third-order valence-electron chi connectivity index (χ3n) is 3.32. The van der Waals surface area contributed by atoms with Crippen molar-refractivity contribution in [3.05, 3.63) is 24.3 Å². The van der Waals surface area contributed by atoms with Gasteiger partial charge in [0, 0.05) is 31.0 Å². The lowest BCUT2D eigenvalue weighted by atomic mass is 9.98. The second-order valence-electron chi connectivity index (χ2n) is 5.12. The van der Waals surface area contributed by atoms with E-state index in [1.807, 2.05) is 0 Å². The van der Waals surface area contributed by atoms with Crippen LogP contribution < -0.4 is 16.4 Å². The Morgan fingerprint density at radius 1 is 1.05 bits per heavy atom. The number of hydrogen-bond donors (Lipinski definition) is 3. The fourth-order valence-electron chi connectivity index (χ4n) is 2.38. The number of benzene rings is 1. The Hall–Kier alpha value is -1.22. The third-order valence-corrected chi connectivity index (χ3v) is 3.32. The number of anilines is 2. The van der Waals surface area contributed by atoms with Crippen LogP contribution in [-0.4, -0.2) is 19.6 Å². The van der Waals surface area contributed by atoms with Gasteiger partial charge in [-0.2, -0.15) is 0 Å². The van der Waals surface area contributed by atoms with Gasteiger partial charge in [-0.1, -0.05) is 32.8 Å². The SMILES string of the molecule is CCCC(CCC)CNc1cccc(NCCN)c1. The molecule has 1 rings (SSSR count). The van der Waals surface area contributed by atoms with E-state index < -0.39 is 0 Å². The second kappa shape index (κ2) is 9.68. The first kappa shape index (κ1) is 15.8. The lowest BCUT2D eigenvalue weighted by Gasteiger charge is -2.17. The summed E-state index contributed by atoms with van der Waals surface area (Å²) >= 11 is 0. The van der Waals surface area contributed by atoms with E-state index in [4.69, 9.17) is 5.73 Å². The summed E-state index contributed by atoms with van der Waals surface area (Å²) < 4.78 is 0. The standard InChI is InChI=1S/C16H29N3/c1-3-6-14(7-4-2)13-19-16-9-5-8-15(12-16)18-11-10-17/h5,8-9,12,14,18-19H,3-4,6-7,10-11,13,17H2,1-2H3. The molecule has 0 aliphatic rings. The van der Waals surface area contributed by atoms with E-state index in [2.05, 4.69) is 48.7 Å². The van der Waals surface area contributed by atoms with Crippen molar-refractivity contribution >= 4 is 11.4 Å². The average Bonchev–Trinajstić information content (AvgIpc) is 2.43. The van der Waals surface area contributed by atoms with E-state index in [9.17, 15) is 0 Å². The maximum absolute atomic E-state index is 5.50. The summed E-state index contributed by atoms with van der Waals surface area (Å²) in [6.45, 7) is 7.08. The van der Waals surface area contributed by atoms with E-state index in [1.54, 1.807) is 0 Å². The highest BCUT2D eigenvalue weighted by Gasteiger charge is 2.06. The Morgan fingerprint density at radius 3 is 2.26 bits per heavy atom.